The predicted octanol–water partition coefficient (Wildman–Crippen LogP) is 2.43. The molecule has 2 heterocycles. The highest BCUT2D eigenvalue weighted by molar-refractivity contribution is 5.85. The van der Waals surface area contributed by atoms with Gasteiger partial charge in [0.05, 0.1) is 0 Å². The Bertz CT molecular complexity index is 766. The quantitative estimate of drug-likeness (QED) is 0.810. The van der Waals surface area contributed by atoms with Crippen molar-refractivity contribution in [1.82, 2.24) is 25.2 Å². The van der Waals surface area contributed by atoms with Gasteiger partial charge in [-0.05, 0) is 44.4 Å². The van der Waals surface area contributed by atoms with Crippen LogP contribution in [-0.2, 0) is 16.1 Å². The fourth-order valence-electron chi connectivity index (χ4n) is 2.37. The van der Waals surface area contributed by atoms with Gasteiger partial charge < -0.3 is 15.4 Å². The number of pyridine rings is 1. The van der Waals surface area contributed by atoms with Crippen LogP contribution in [0.2, 0.25) is 0 Å². The Morgan fingerprint density at radius 2 is 2.00 bits per heavy atom. The van der Waals surface area contributed by atoms with Gasteiger partial charge >= 0.3 is 6.09 Å². The molecule has 2 rings (SSSR count). The molecule has 2 N–H and O–H groups in total. The summed E-state index contributed by atoms with van der Waals surface area (Å²) in [6, 6.07) is 3.01. The lowest BCUT2D eigenvalue weighted by Gasteiger charge is -2.25. The Morgan fingerprint density at radius 3 is 2.59 bits per heavy atom. The molecule has 0 saturated heterocycles. The van der Waals surface area contributed by atoms with E-state index in [-0.39, 0.29) is 11.8 Å². The summed E-state index contributed by atoms with van der Waals surface area (Å²) < 4.78 is 7.03. The van der Waals surface area contributed by atoms with Crippen LogP contribution in [0.4, 0.5) is 4.79 Å². The van der Waals surface area contributed by atoms with Gasteiger partial charge in [-0.25, -0.2) is 14.8 Å². The molecule has 0 saturated carbocycles. The number of ether oxygens (including phenoxy) is 1. The third-order valence-electron chi connectivity index (χ3n) is 3.67. The maximum absolute atomic E-state index is 12.6. The number of alkyl carbamates (subject to hydrolysis) is 1. The first-order chi connectivity index (χ1) is 12.7. The van der Waals surface area contributed by atoms with Crippen molar-refractivity contribution < 1.29 is 14.3 Å². The minimum atomic E-state index is -0.685. The highest BCUT2D eigenvalue weighted by atomic mass is 16.6. The fourth-order valence-corrected chi connectivity index (χ4v) is 2.37. The maximum atomic E-state index is 12.6. The number of nitrogens with one attached hydrogen (secondary N) is 2. The lowest BCUT2D eigenvalue weighted by molar-refractivity contribution is -0.124. The van der Waals surface area contributed by atoms with Gasteiger partial charge in [0.25, 0.3) is 0 Å². The fraction of sp³-hybridized carbons (Fsp3) is 0.474. The van der Waals surface area contributed by atoms with E-state index in [0.717, 1.165) is 5.56 Å². The van der Waals surface area contributed by atoms with Gasteiger partial charge in [-0.2, -0.15) is 0 Å². The molecule has 0 aliphatic heterocycles. The minimum Gasteiger partial charge on any atom is -0.444 e. The van der Waals surface area contributed by atoms with Gasteiger partial charge in [0.2, 0.25) is 5.91 Å². The summed E-state index contributed by atoms with van der Waals surface area (Å²) in [6.07, 6.45) is 6.19. The van der Waals surface area contributed by atoms with Crippen molar-refractivity contribution in [3.8, 4) is 5.82 Å². The molecule has 0 fully saturated rings. The molecular weight excluding hydrogens is 346 g/mol. The Balaban J connectivity index is 1.98. The highest BCUT2D eigenvalue weighted by Gasteiger charge is 2.26. The zero-order valence-electron chi connectivity index (χ0n) is 16.4. The molecule has 0 aromatic carbocycles. The van der Waals surface area contributed by atoms with Crippen molar-refractivity contribution in [2.45, 2.75) is 52.8 Å². The molecule has 8 heteroatoms. The lowest BCUT2D eigenvalue weighted by atomic mass is 10.0. The van der Waals surface area contributed by atoms with Gasteiger partial charge in [0.1, 0.15) is 23.8 Å². The van der Waals surface area contributed by atoms with E-state index in [2.05, 4.69) is 20.6 Å². The smallest absolute Gasteiger partial charge is 0.408 e. The summed E-state index contributed by atoms with van der Waals surface area (Å²) in [5.74, 6) is 0.361. The van der Waals surface area contributed by atoms with Crippen LogP contribution < -0.4 is 10.6 Å². The van der Waals surface area contributed by atoms with Crippen LogP contribution in [0.15, 0.2) is 37.1 Å². The third kappa shape index (κ3) is 6.40. The third-order valence-corrected chi connectivity index (χ3v) is 3.67. The second-order valence-corrected chi connectivity index (χ2v) is 7.58. The van der Waals surface area contributed by atoms with Crippen LogP contribution >= 0.6 is 0 Å². The average molecular weight is 373 g/mol. The molecule has 0 aliphatic carbocycles. The predicted molar refractivity (Wildman–Crippen MR) is 101 cm³/mol. The van der Waals surface area contributed by atoms with Gasteiger partial charge in [-0.1, -0.05) is 13.8 Å². The molecule has 2 amide bonds. The normalized spacial score (nSPS) is 12.5. The molecule has 2 aromatic rings. The second kappa shape index (κ2) is 8.66. The van der Waals surface area contributed by atoms with Crippen molar-refractivity contribution in [2.75, 3.05) is 0 Å². The Kier molecular flexibility index (Phi) is 6.55. The number of amides is 2. The number of imidazole rings is 1. The van der Waals surface area contributed by atoms with Crippen molar-refractivity contribution in [3.63, 3.8) is 0 Å². The molecule has 27 heavy (non-hydrogen) atoms. The number of hydrogen-bond donors (Lipinski definition) is 2. The van der Waals surface area contributed by atoms with Crippen LogP contribution in [0, 0.1) is 5.92 Å². The van der Waals surface area contributed by atoms with Crippen LogP contribution in [-0.4, -0.2) is 38.2 Å². The Hall–Kier alpha value is -2.90. The number of carbonyl (C=O) groups is 2. The zero-order chi connectivity index (χ0) is 20.0. The highest BCUT2D eigenvalue weighted by Crippen LogP contribution is 2.10. The molecule has 1 unspecified atom stereocenters. The Morgan fingerprint density at radius 1 is 1.26 bits per heavy atom. The summed E-state index contributed by atoms with van der Waals surface area (Å²) in [7, 11) is 0. The van der Waals surface area contributed by atoms with Crippen molar-refractivity contribution in [1.29, 1.82) is 0 Å². The molecule has 146 valence electrons. The largest absolute Gasteiger partial charge is 0.444 e. The first kappa shape index (κ1) is 20.4. The van der Waals surface area contributed by atoms with E-state index >= 15 is 0 Å². The van der Waals surface area contributed by atoms with Gasteiger partial charge in [-0.3, -0.25) is 9.36 Å². The van der Waals surface area contributed by atoms with Crippen LogP contribution in [0.3, 0.4) is 0 Å². The first-order valence-corrected chi connectivity index (χ1v) is 8.86. The molecule has 8 nitrogen and oxygen atoms in total. The molecule has 0 spiro atoms. The van der Waals surface area contributed by atoms with Crippen LogP contribution in [0.5, 0.6) is 0 Å². The molecule has 0 aliphatic rings. The van der Waals surface area contributed by atoms with Crippen LogP contribution in [0.1, 0.15) is 40.2 Å². The average Bonchev–Trinajstić information content (AvgIpc) is 3.10. The second-order valence-electron chi connectivity index (χ2n) is 7.58. The summed E-state index contributed by atoms with van der Waals surface area (Å²) in [6.45, 7) is 9.38. The number of aromatic nitrogens is 3. The molecule has 0 bridgehead atoms. The Labute approximate surface area is 159 Å². The van der Waals surface area contributed by atoms with E-state index < -0.39 is 17.7 Å². The van der Waals surface area contributed by atoms with Crippen molar-refractivity contribution in [2.24, 2.45) is 5.92 Å². The van der Waals surface area contributed by atoms with E-state index in [9.17, 15) is 9.59 Å². The number of hydrogen-bond acceptors (Lipinski definition) is 5. The van der Waals surface area contributed by atoms with E-state index in [4.69, 9.17) is 4.74 Å². The lowest BCUT2D eigenvalue weighted by Crippen LogP contribution is -2.50. The van der Waals surface area contributed by atoms with Gasteiger partial charge in [0, 0.05) is 25.1 Å². The summed E-state index contributed by atoms with van der Waals surface area (Å²) in [5, 5.41) is 5.50. The van der Waals surface area contributed by atoms with E-state index in [1.54, 1.807) is 50.3 Å². The monoisotopic (exact) mass is 373 g/mol. The first-order valence-electron chi connectivity index (χ1n) is 8.86. The standard InChI is InChI=1S/C19H27N5O3/c1-13(2)16(23-18(26)27-19(3,4)5)17(25)22-11-14-6-7-21-15(10-14)24-9-8-20-12-24/h6-10,12-13,16H,11H2,1-5H3,(H,22,25)(H,23,26). The van der Waals surface area contributed by atoms with Crippen molar-refractivity contribution >= 4 is 12.0 Å². The molecule has 0 radical (unpaired) electrons. The molecule has 2 aromatic heterocycles. The number of rotatable bonds is 6. The molecular formula is C19H27N5O3. The van der Waals surface area contributed by atoms with E-state index in [1.807, 2.05) is 26.0 Å². The number of nitrogens with zero attached hydrogens (tertiary/aromatic N) is 3. The van der Waals surface area contributed by atoms with Gasteiger partial charge in [0.15, 0.2) is 0 Å². The van der Waals surface area contributed by atoms with Crippen molar-refractivity contribution in [3.05, 3.63) is 42.6 Å². The zero-order valence-corrected chi connectivity index (χ0v) is 16.4. The molecule has 1 atom stereocenters. The topological polar surface area (TPSA) is 98.1 Å². The minimum absolute atomic E-state index is 0.0866. The summed E-state index contributed by atoms with van der Waals surface area (Å²) in [4.78, 5) is 32.8. The summed E-state index contributed by atoms with van der Waals surface area (Å²) in [5.41, 5.74) is 0.268. The van der Waals surface area contributed by atoms with E-state index in [0.29, 0.717) is 12.4 Å². The van der Waals surface area contributed by atoms with Gasteiger partial charge in [-0.15, -0.1) is 0 Å². The maximum Gasteiger partial charge on any atom is 0.408 e. The summed E-state index contributed by atoms with van der Waals surface area (Å²) >= 11 is 0. The SMILES string of the molecule is CC(C)C(NC(=O)OC(C)(C)C)C(=O)NCc1ccnc(-n2ccnc2)c1. The number of carbonyl (C=O) groups excluding carboxylic acids is 2. The van der Waals surface area contributed by atoms with E-state index in [1.165, 1.54) is 0 Å². The van der Waals surface area contributed by atoms with Crippen LogP contribution in [0.25, 0.3) is 5.82 Å².